The van der Waals surface area contributed by atoms with Crippen molar-refractivity contribution in [3.63, 3.8) is 0 Å². The van der Waals surface area contributed by atoms with Gasteiger partial charge < -0.3 is 9.15 Å². The topological polar surface area (TPSA) is 48.2 Å². The molecule has 0 unspecified atom stereocenters. The molecule has 8 heteroatoms. The van der Waals surface area contributed by atoms with E-state index >= 15 is 0 Å². The third kappa shape index (κ3) is 3.30. The first kappa shape index (κ1) is 17.3. The fourth-order valence-corrected chi connectivity index (χ4v) is 4.60. The largest absolute Gasteiger partial charge is 0.494 e. The zero-order valence-electron chi connectivity index (χ0n) is 13.5. The van der Waals surface area contributed by atoms with Crippen LogP contribution in [0.1, 0.15) is 5.56 Å². The van der Waals surface area contributed by atoms with E-state index in [1.165, 1.54) is 36.3 Å². The highest BCUT2D eigenvalue weighted by molar-refractivity contribution is 7.98. The minimum absolute atomic E-state index is 0.221. The van der Waals surface area contributed by atoms with Gasteiger partial charge in [0.2, 0.25) is 0 Å². The lowest BCUT2D eigenvalue weighted by Gasteiger charge is -2.03. The Kier molecular flexibility index (Phi) is 4.84. The molecule has 4 nitrogen and oxygen atoms in total. The number of benzene rings is 2. The highest BCUT2D eigenvalue weighted by Gasteiger charge is 2.18. The van der Waals surface area contributed by atoms with Crippen molar-refractivity contribution in [1.82, 2.24) is 10.2 Å². The molecule has 0 radical (unpaired) electrons. The van der Waals surface area contributed by atoms with Crippen molar-refractivity contribution in [2.24, 2.45) is 0 Å². The van der Waals surface area contributed by atoms with Crippen LogP contribution in [0, 0.1) is 5.82 Å². The van der Waals surface area contributed by atoms with Crippen molar-refractivity contribution in [3.05, 3.63) is 58.9 Å². The molecule has 26 heavy (non-hydrogen) atoms. The number of ether oxygens (including phenoxy) is 1. The zero-order chi connectivity index (χ0) is 18.1. The number of hydrogen-bond donors (Lipinski definition) is 0. The Bertz CT molecular complexity index is 1080. The first-order chi connectivity index (χ1) is 12.7. The molecule has 4 rings (SSSR count). The van der Waals surface area contributed by atoms with Crippen LogP contribution in [0.2, 0.25) is 5.02 Å². The summed E-state index contributed by atoms with van der Waals surface area (Å²) in [7, 11) is 1.44. The van der Waals surface area contributed by atoms with Crippen molar-refractivity contribution in [2.45, 2.75) is 11.0 Å². The van der Waals surface area contributed by atoms with Crippen molar-refractivity contribution in [3.8, 4) is 16.5 Å². The number of aromatic nitrogens is 2. The van der Waals surface area contributed by atoms with Gasteiger partial charge in [-0.1, -0.05) is 47.6 Å². The van der Waals surface area contributed by atoms with Crippen LogP contribution >= 0.6 is 34.7 Å². The average molecular weight is 407 g/mol. The van der Waals surface area contributed by atoms with Crippen LogP contribution in [-0.4, -0.2) is 17.3 Å². The highest BCUT2D eigenvalue weighted by Crippen LogP contribution is 2.41. The molecule has 0 aliphatic heterocycles. The second kappa shape index (κ2) is 7.26. The smallest absolute Gasteiger partial charge is 0.277 e. The van der Waals surface area contributed by atoms with Crippen LogP contribution in [0.5, 0.6) is 5.75 Å². The summed E-state index contributed by atoms with van der Waals surface area (Å²) in [5.74, 6) is 0.717. The van der Waals surface area contributed by atoms with Crippen LogP contribution in [0.3, 0.4) is 0 Å². The Morgan fingerprint density at radius 1 is 1.23 bits per heavy atom. The highest BCUT2D eigenvalue weighted by atomic mass is 35.5. The minimum atomic E-state index is -0.395. The Morgan fingerprint density at radius 2 is 2.08 bits per heavy atom. The van der Waals surface area contributed by atoms with Gasteiger partial charge >= 0.3 is 0 Å². The number of thioether (sulfide) groups is 1. The zero-order valence-corrected chi connectivity index (χ0v) is 15.9. The number of thiophene rings is 1. The summed E-state index contributed by atoms with van der Waals surface area (Å²) in [5, 5.41) is 10.1. The maximum absolute atomic E-state index is 13.7. The fraction of sp³-hybridized carbons (Fsp3) is 0.111. The van der Waals surface area contributed by atoms with Gasteiger partial charge in [-0.25, -0.2) is 4.39 Å². The van der Waals surface area contributed by atoms with Crippen LogP contribution in [-0.2, 0) is 5.75 Å². The summed E-state index contributed by atoms with van der Waals surface area (Å²) >= 11 is 9.29. The molecule has 2 aromatic heterocycles. The number of rotatable bonds is 5. The van der Waals surface area contributed by atoms with Gasteiger partial charge in [-0.05, 0) is 23.8 Å². The Balaban J connectivity index is 1.52. The number of methoxy groups -OCH3 is 1. The maximum atomic E-state index is 13.7. The second-order valence-corrected chi connectivity index (χ2v) is 7.73. The van der Waals surface area contributed by atoms with Crippen molar-refractivity contribution in [2.75, 3.05) is 7.11 Å². The van der Waals surface area contributed by atoms with Gasteiger partial charge in [0.05, 0.1) is 12.1 Å². The van der Waals surface area contributed by atoms with Gasteiger partial charge in [-0.15, -0.1) is 21.5 Å². The molecule has 0 aliphatic carbocycles. The summed E-state index contributed by atoms with van der Waals surface area (Å²) in [5.41, 5.74) is 0.799. The molecule has 0 amide bonds. The molecular weight excluding hydrogens is 395 g/mol. The molecule has 2 heterocycles. The van der Waals surface area contributed by atoms with E-state index in [0.29, 0.717) is 21.9 Å². The monoisotopic (exact) mass is 406 g/mol. The second-order valence-electron chi connectivity index (χ2n) is 5.37. The molecule has 0 aliphatic rings. The van der Waals surface area contributed by atoms with Crippen molar-refractivity contribution >= 4 is 44.8 Å². The van der Waals surface area contributed by atoms with E-state index in [1.54, 1.807) is 12.1 Å². The van der Waals surface area contributed by atoms with E-state index in [2.05, 4.69) is 10.2 Å². The molecule has 0 atom stereocenters. The number of halogens is 2. The van der Waals surface area contributed by atoms with Gasteiger partial charge in [0, 0.05) is 15.8 Å². The van der Waals surface area contributed by atoms with E-state index in [4.69, 9.17) is 20.8 Å². The van der Waals surface area contributed by atoms with Gasteiger partial charge in [0.25, 0.3) is 11.1 Å². The molecule has 132 valence electrons. The van der Waals surface area contributed by atoms with Crippen LogP contribution < -0.4 is 4.74 Å². The Labute approximate surface area is 162 Å². The molecule has 4 aromatic rings. The van der Waals surface area contributed by atoms with Gasteiger partial charge in [0.15, 0.2) is 11.6 Å². The minimum Gasteiger partial charge on any atom is -0.494 e. The molecule has 0 N–H and O–H groups in total. The van der Waals surface area contributed by atoms with Crippen molar-refractivity contribution in [1.29, 1.82) is 0 Å². The molecule has 0 saturated carbocycles. The van der Waals surface area contributed by atoms with Crippen LogP contribution in [0.15, 0.2) is 52.1 Å². The first-order valence-electron chi connectivity index (χ1n) is 7.62. The molecule has 0 spiro atoms. The third-order valence-corrected chi connectivity index (χ3v) is 6.27. The summed E-state index contributed by atoms with van der Waals surface area (Å²) in [4.78, 5) is 0.753. The first-order valence-corrected chi connectivity index (χ1v) is 9.80. The summed E-state index contributed by atoms with van der Waals surface area (Å²) < 4.78 is 25.5. The molecular formula is C18H12ClFN2O2S2. The normalized spacial score (nSPS) is 11.2. The lowest BCUT2D eigenvalue weighted by Crippen LogP contribution is -1.90. The van der Waals surface area contributed by atoms with E-state index in [0.717, 1.165) is 20.5 Å². The van der Waals surface area contributed by atoms with Gasteiger partial charge in [-0.3, -0.25) is 0 Å². The summed E-state index contributed by atoms with van der Waals surface area (Å²) in [6.45, 7) is 0. The van der Waals surface area contributed by atoms with Crippen LogP contribution in [0.25, 0.3) is 20.9 Å². The number of nitrogens with zero attached hydrogens (tertiary/aromatic N) is 2. The predicted molar refractivity (Wildman–Crippen MR) is 103 cm³/mol. The number of fused-ring (bicyclic) bond motifs is 1. The van der Waals surface area contributed by atoms with E-state index in [-0.39, 0.29) is 5.75 Å². The molecule has 0 fully saturated rings. The van der Waals surface area contributed by atoms with Crippen molar-refractivity contribution < 1.29 is 13.5 Å². The Morgan fingerprint density at radius 3 is 2.85 bits per heavy atom. The summed E-state index contributed by atoms with van der Waals surface area (Å²) in [6.07, 6.45) is 0. The van der Waals surface area contributed by atoms with Gasteiger partial charge in [0.1, 0.15) is 4.88 Å². The predicted octanol–water partition coefficient (Wildman–Crippen LogP) is 6.04. The lowest BCUT2D eigenvalue weighted by atomic mass is 10.2. The molecule has 2 aromatic carbocycles. The lowest BCUT2D eigenvalue weighted by molar-refractivity contribution is 0.386. The molecule has 0 saturated heterocycles. The number of hydrogen-bond acceptors (Lipinski definition) is 6. The van der Waals surface area contributed by atoms with E-state index in [9.17, 15) is 4.39 Å². The Hall–Kier alpha value is -2.09. The van der Waals surface area contributed by atoms with Crippen LogP contribution in [0.4, 0.5) is 4.39 Å². The van der Waals surface area contributed by atoms with E-state index in [1.807, 2.05) is 24.3 Å². The molecule has 0 bridgehead atoms. The summed E-state index contributed by atoms with van der Waals surface area (Å²) in [6, 6.07) is 12.7. The average Bonchev–Trinajstić information content (AvgIpc) is 3.25. The fourth-order valence-electron chi connectivity index (χ4n) is 2.46. The quantitative estimate of drug-likeness (QED) is 0.378. The maximum Gasteiger partial charge on any atom is 0.277 e. The SMILES string of the molecule is COc1ccc(CSc2nnc(-c3sc4ccccc4c3Cl)o2)cc1F. The third-order valence-electron chi connectivity index (χ3n) is 3.71. The van der Waals surface area contributed by atoms with E-state index < -0.39 is 5.82 Å². The van der Waals surface area contributed by atoms with Gasteiger partial charge in [-0.2, -0.15) is 0 Å². The standard InChI is InChI=1S/C18H12ClFN2O2S2/c1-23-13-7-6-10(8-12(13)20)9-25-18-22-21-17(24-18)16-15(19)11-4-2-3-5-14(11)26-16/h2-8H,9H2,1H3.